The Hall–Kier alpha value is -2.66. The molecule has 5 rings (SSSR count). The average molecular weight is 431 g/mol. The number of nitrogens with zero attached hydrogens (tertiary/aromatic N) is 3. The number of hydrogen-bond acceptors (Lipinski definition) is 3. The molecule has 1 saturated heterocycles. The molecule has 0 atom stereocenters. The van der Waals surface area contributed by atoms with Gasteiger partial charge < -0.3 is 9.72 Å². The van der Waals surface area contributed by atoms with E-state index in [1.165, 1.54) is 28.8 Å². The zero-order chi connectivity index (χ0) is 21.2. The molecule has 2 aromatic heterocycles. The van der Waals surface area contributed by atoms with E-state index in [9.17, 15) is 0 Å². The molecular formula is C26H27ClN4. The number of imidazole rings is 1. The average Bonchev–Trinajstić information content (AvgIpc) is 2.94. The minimum Gasteiger partial charge on any atom is -0.315 e. The number of nitrogens with one attached hydrogen (secondary N) is 1. The zero-order valence-electron chi connectivity index (χ0n) is 17.8. The van der Waals surface area contributed by atoms with Crippen molar-refractivity contribution in [3.05, 3.63) is 83.1 Å². The van der Waals surface area contributed by atoms with Crippen LogP contribution in [0.1, 0.15) is 17.7 Å². The zero-order valence-corrected chi connectivity index (χ0v) is 18.6. The smallest absolute Gasteiger partial charge is 0.137 e. The molecule has 0 radical (unpaired) electrons. The Morgan fingerprint density at radius 1 is 0.935 bits per heavy atom. The Labute approximate surface area is 188 Å². The molecule has 0 bridgehead atoms. The van der Waals surface area contributed by atoms with Gasteiger partial charge in [0.15, 0.2) is 0 Å². The van der Waals surface area contributed by atoms with Gasteiger partial charge in [-0.2, -0.15) is 0 Å². The topological polar surface area (TPSA) is 32.6 Å². The third-order valence-corrected chi connectivity index (χ3v) is 6.24. The second kappa shape index (κ2) is 8.83. The summed E-state index contributed by atoms with van der Waals surface area (Å²) in [6, 6.07) is 21.0. The highest BCUT2D eigenvalue weighted by Crippen LogP contribution is 2.29. The van der Waals surface area contributed by atoms with E-state index < -0.39 is 0 Å². The lowest BCUT2D eigenvalue weighted by Crippen LogP contribution is -2.28. The number of pyridine rings is 1. The molecule has 0 spiro atoms. The largest absolute Gasteiger partial charge is 0.315 e. The van der Waals surface area contributed by atoms with Crippen molar-refractivity contribution in [3.8, 4) is 22.4 Å². The molecule has 1 aliphatic rings. The first kappa shape index (κ1) is 20.3. The van der Waals surface area contributed by atoms with E-state index in [0.29, 0.717) is 0 Å². The number of aromatic nitrogens is 2. The molecule has 4 aromatic rings. The highest BCUT2D eigenvalue weighted by molar-refractivity contribution is 6.30. The molecule has 0 saturated carbocycles. The molecular weight excluding hydrogens is 404 g/mol. The van der Waals surface area contributed by atoms with Crippen molar-refractivity contribution in [3.63, 3.8) is 0 Å². The quantitative estimate of drug-likeness (QED) is 0.468. The van der Waals surface area contributed by atoms with Crippen LogP contribution in [-0.4, -0.2) is 40.5 Å². The number of fused-ring (bicyclic) bond motifs is 1. The van der Waals surface area contributed by atoms with Crippen LogP contribution in [0.5, 0.6) is 0 Å². The fourth-order valence-corrected chi connectivity index (χ4v) is 4.48. The highest BCUT2D eigenvalue weighted by atomic mass is 35.5. The Morgan fingerprint density at radius 3 is 2.61 bits per heavy atom. The number of benzene rings is 2. The van der Waals surface area contributed by atoms with Gasteiger partial charge in [-0.25, -0.2) is 4.98 Å². The van der Waals surface area contributed by atoms with E-state index >= 15 is 0 Å². The molecule has 1 N–H and O–H groups in total. The summed E-state index contributed by atoms with van der Waals surface area (Å²) in [5, 5.41) is 4.25. The molecule has 5 heteroatoms. The van der Waals surface area contributed by atoms with Crippen molar-refractivity contribution in [2.24, 2.45) is 0 Å². The summed E-state index contributed by atoms with van der Waals surface area (Å²) in [4.78, 5) is 7.56. The van der Waals surface area contributed by atoms with Crippen LogP contribution in [0, 0.1) is 6.92 Å². The van der Waals surface area contributed by atoms with Crippen LogP contribution < -0.4 is 5.32 Å². The Kier molecular flexibility index (Phi) is 5.77. The molecule has 31 heavy (non-hydrogen) atoms. The van der Waals surface area contributed by atoms with Crippen LogP contribution in [0.2, 0.25) is 5.02 Å². The number of hydrogen-bond donors (Lipinski definition) is 1. The Balaban J connectivity index is 1.63. The first-order valence-electron chi connectivity index (χ1n) is 10.9. The van der Waals surface area contributed by atoms with Gasteiger partial charge in [0.2, 0.25) is 0 Å². The summed E-state index contributed by atoms with van der Waals surface area (Å²) in [6.07, 6.45) is 3.41. The number of halogens is 1. The van der Waals surface area contributed by atoms with Gasteiger partial charge in [-0.3, -0.25) is 4.90 Å². The molecule has 0 aliphatic carbocycles. The summed E-state index contributed by atoms with van der Waals surface area (Å²) < 4.78 is 2.28. The van der Waals surface area contributed by atoms with E-state index in [1.54, 1.807) is 0 Å². The highest BCUT2D eigenvalue weighted by Gasteiger charge is 2.18. The van der Waals surface area contributed by atoms with Gasteiger partial charge in [0.1, 0.15) is 5.65 Å². The normalized spacial score (nSPS) is 15.3. The predicted octanol–water partition coefficient (Wildman–Crippen LogP) is 5.43. The maximum Gasteiger partial charge on any atom is 0.137 e. The monoisotopic (exact) mass is 430 g/mol. The van der Waals surface area contributed by atoms with Crippen LogP contribution in [0.15, 0.2) is 66.9 Å². The Bertz CT molecular complexity index is 1190. The summed E-state index contributed by atoms with van der Waals surface area (Å²) in [5.74, 6) is 0. The standard InChI is InChI=1S/C26H27ClN4/c1-19-4-2-5-21(16-19)22-8-11-25-29-26(20-6-9-23(27)10-7-20)24(31(25)17-22)18-30-14-3-12-28-13-15-30/h2,4-11,16-17,28H,3,12-15,18H2,1H3. The minimum atomic E-state index is 0.745. The Morgan fingerprint density at radius 2 is 1.77 bits per heavy atom. The molecule has 3 heterocycles. The van der Waals surface area contributed by atoms with Crippen molar-refractivity contribution in [1.82, 2.24) is 19.6 Å². The third-order valence-electron chi connectivity index (χ3n) is 5.99. The van der Waals surface area contributed by atoms with Crippen LogP contribution in [0.4, 0.5) is 0 Å². The van der Waals surface area contributed by atoms with Crippen LogP contribution in [-0.2, 0) is 6.54 Å². The number of aryl methyl sites for hydroxylation is 1. The third kappa shape index (κ3) is 4.38. The molecule has 1 fully saturated rings. The van der Waals surface area contributed by atoms with E-state index in [4.69, 9.17) is 16.6 Å². The lowest BCUT2D eigenvalue weighted by atomic mass is 10.1. The maximum atomic E-state index is 6.15. The first-order valence-corrected chi connectivity index (χ1v) is 11.3. The van der Waals surface area contributed by atoms with Crippen molar-refractivity contribution < 1.29 is 0 Å². The fraction of sp³-hybridized carbons (Fsp3) is 0.269. The van der Waals surface area contributed by atoms with E-state index in [0.717, 1.165) is 54.7 Å². The molecule has 0 unspecified atom stereocenters. The van der Waals surface area contributed by atoms with Gasteiger partial charge in [-0.15, -0.1) is 0 Å². The van der Waals surface area contributed by atoms with Crippen LogP contribution in [0.25, 0.3) is 28.0 Å². The SMILES string of the molecule is Cc1cccc(-c2ccc3nc(-c4ccc(Cl)cc4)c(CN4CCCNCC4)n3c2)c1. The van der Waals surface area contributed by atoms with Gasteiger partial charge in [0.05, 0.1) is 11.4 Å². The van der Waals surface area contributed by atoms with Crippen molar-refractivity contribution in [1.29, 1.82) is 0 Å². The lowest BCUT2D eigenvalue weighted by Gasteiger charge is -2.20. The van der Waals surface area contributed by atoms with Gasteiger partial charge in [0, 0.05) is 36.4 Å². The van der Waals surface area contributed by atoms with Gasteiger partial charge in [-0.05, 0) is 61.8 Å². The molecule has 1 aliphatic heterocycles. The summed E-state index contributed by atoms with van der Waals surface area (Å²) in [6.45, 7) is 7.27. The van der Waals surface area contributed by atoms with E-state index in [-0.39, 0.29) is 0 Å². The van der Waals surface area contributed by atoms with Crippen molar-refractivity contribution >= 4 is 17.2 Å². The number of rotatable bonds is 4. The summed E-state index contributed by atoms with van der Waals surface area (Å²) >= 11 is 6.15. The molecule has 4 nitrogen and oxygen atoms in total. The van der Waals surface area contributed by atoms with Crippen LogP contribution in [0.3, 0.4) is 0 Å². The minimum absolute atomic E-state index is 0.745. The van der Waals surface area contributed by atoms with Gasteiger partial charge in [-0.1, -0.05) is 53.6 Å². The fourth-order valence-electron chi connectivity index (χ4n) is 4.35. The van der Waals surface area contributed by atoms with Crippen molar-refractivity contribution in [2.75, 3.05) is 26.2 Å². The van der Waals surface area contributed by atoms with Gasteiger partial charge >= 0.3 is 0 Å². The maximum absolute atomic E-state index is 6.15. The molecule has 0 amide bonds. The predicted molar refractivity (Wildman–Crippen MR) is 129 cm³/mol. The van der Waals surface area contributed by atoms with Crippen LogP contribution >= 0.6 is 11.6 Å². The molecule has 158 valence electrons. The second-order valence-corrected chi connectivity index (χ2v) is 8.75. The first-order chi connectivity index (χ1) is 15.2. The summed E-state index contributed by atoms with van der Waals surface area (Å²) in [7, 11) is 0. The summed E-state index contributed by atoms with van der Waals surface area (Å²) in [5.41, 5.74) is 8.05. The van der Waals surface area contributed by atoms with E-state index in [1.807, 2.05) is 12.1 Å². The van der Waals surface area contributed by atoms with E-state index in [2.05, 4.69) is 76.3 Å². The lowest BCUT2D eigenvalue weighted by molar-refractivity contribution is 0.281. The van der Waals surface area contributed by atoms with Crippen molar-refractivity contribution in [2.45, 2.75) is 19.9 Å². The van der Waals surface area contributed by atoms with Gasteiger partial charge in [0.25, 0.3) is 0 Å². The molecule has 2 aromatic carbocycles. The second-order valence-electron chi connectivity index (χ2n) is 8.31.